The van der Waals surface area contributed by atoms with Crippen LogP contribution in [-0.2, 0) is 15.8 Å². The third kappa shape index (κ3) is 4.93. The Morgan fingerprint density at radius 2 is 2.09 bits per heavy atom. The van der Waals surface area contributed by atoms with Crippen LogP contribution in [0.5, 0.6) is 5.75 Å². The Morgan fingerprint density at radius 3 is 2.85 bits per heavy atom. The van der Waals surface area contributed by atoms with E-state index in [1.54, 1.807) is 13.0 Å². The first-order valence-corrected chi connectivity index (χ1v) is 10.9. The summed E-state index contributed by atoms with van der Waals surface area (Å²) in [4.78, 5) is 29.4. The summed E-state index contributed by atoms with van der Waals surface area (Å²) in [7, 11) is -6.14. The summed E-state index contributed by atoms with van der Waals surface area (Å²) >= 11 is 0. The second-order valence-electron chi connectivity index (χ2n) is 7.11. The fourth-order valence-corrected chi connectivity index (χ4v) is 3.35. The molecule has 0 aliphatic carbocycles. The van der Waals surface area contributed by atoms with Gasteiger partial charge in [0.2, 0.25) is 5.95 Å². The van der Waals surface area contributed by atoms with Crippen molar-refractivity contribution < 1.29 is 33.0 Å². The Labute approximate surface area is 198 Å². The van der Waals surface area contributed by atoms with Gasteiger partial charge in [0.15, 0.2) is 17.1 Å². The van der Waals surface area contributed by atoms with Gasteiger partial charge in [-0.3, -0.25) is 9.09 Å². The van der Waals surface area contributed by atoms with Gasteiger partial charge < -0.3 is 24.7 Å². The van der Waals surface area contributed by atoms with Crippen LogP contribution in [0.3, 0.4) is 0 Å². The molecule has 0 spiro atoms. The molecule has 0 fully saturated rings. The fraction of sp³-hybridized carbons (Fsp3) is 0.190. The Bertz CT molecular complexity index is 1610. The molecule has 0 aliphatic heterocycles. The first-order chi connectivity index (χ1) is 17.8. The molecule has 0 saturated heterocycles. The molecule has 0 saturated carbocycles. The Balaban J connectivity index is 1.65. The van der Waals surface area contributed by atoms with Crippen molar-refractivity contribution in [1.82, 2.24) is 14.5 Å². The first kappa shape index (κ1) is 18.7. The number of oxazole rings is 1. The number of aromatic nitrogens is 3. The van der Waals surface area contributed by atoms with E-state index >= 15 is 0 Å². The Hall–Kier alpha value is -3.73. The molecule has 11 nitrogen and oxygen atoms in total. The average Bonchev–Trinajstić information content (AvgIpc) is 3.12. The van der Waals surface area contributed by atoms with Crippen molar-refractivity contribution in [1.29, 1.82) is 0 Å². The highest BCUT2D eigenvalue weighted by Crippen LogP contribution is 2.28. The summed E-state index contributed by atoms with van der Waals surface area (Å²) in [6.07, 6.45) is -0.134. The van der Waals surface area contributed by atoms with Crippen LogP contribution < -0.4 is 21.1 Å². The van der Waals surface area contributed by atoms with Crippen LogP contribution in [0.15, 0.2) is 45.7 Å². The molecule has 2 aromatic heterocycles. The quantitative estimate of drug-likeness (QED) is 0.309. The number of fused-ring (bicyclic) bond motifs is 1. The van der Waals surface area contributed by atoms with Gasteiger partial charge in [0, 0.05) is 29.2 Å². The molecule has 0 radical (unpaired) electrons. The molecule has 0 amide bonds. The predicted octanol–water partition coefficient (Wildman–Crippen LogP) is 3.99. The van der Waals surface area contributed by atoms with Gasteiger partial charge in [0.1, 0.15) is 12.5 Å². The van der Waals surface area contributed by atoms with E-state index in [1.165, 1.54) is 25.1 Å². The van der Waals surface area contributed by atoms with E-state index in [0.717, 1.165) is 10.6 Å². The van der Waals surface area contributed by atoms with E-state index in [-0.39, 0.29) is 40.3 Å². The monoisotopic (exact) mass is 493 g/mol. The fourth-order valence-electron chi connectivity index (χ4n) is 3.11. The average molecular weight is 493 g/mol. The highest BCUT2D eigenvalue weighted by Gasteiger charge is 2.13. The number of nitrogens with zero attached hydrogens (tertiary/aromatic N) is 3. The van der Waals surface area contributed by atoms with Gasteiger partial charge in [-0.25, -0.2) is 18.7 Å². The van der Waals surface area contributed by atoms with Gasteiger partial charge in [-0.1, -0.05) is 0 Å². The minimum absolute atomic E-state index is 0.0447. The zero-order valence-electron chi connectivity index (χ0n) is 21.8. The second kappa shape index (κ2) is 9.64. The lowest BCUT2D eigenvalue weighted by Gasteiger charge is -2.13. The Kier molecular flexibility index (Phi) is 5.29. The van der Waals surface area contributed by atoms with Crippen LogP contribution in [0.2, 0.25) is 0 Å². The van der Waals surface area contributed by atoms with Gasteiger partial charge >= 0.3 is 14.0 Å². The van der Waals surface area contributed by atoms with Crippen molar-refractivity contribution in [3.8, 4) is 5.75 Å². The predicted molar refractivity (Wildman–Crippen MR) is 124 cm³/mol. The molecule has 1 unspecified atom stereocenters. The number of hydrogen-bond donors (Lipinski definition) is 3. The summed E-state index contributed by atoms with van der Waals surface area (Å²) in [5.74, 6) is -1.92. The number of anilines is 4. The van der Waals surface area contributed by atoms with Crippen molar-refractivity contribution in [2.24, 2.45) is 0 Å². The highest BCUT2D eigenvalue weighted by molar-refractivity contribution is 7.32. The molecular weight excluding hydrogens is 468 g/mol. The number of rotatable bonds is 8. The van der Waals surface area contributed by atoms with Crippen molar-refractivity contribution in [3.05, 3.63) is 64.0 Å². The van der Waals surface area contributed by atoms with Crippen molar-refractivity contribution in [2.75, 3.05) is 17.7 Å². The van der Waals surface area contributed by atoms with E-state index in [0.29, 0.717) is 11.3 Å². The largest absolute Gasteiger partial charge is 0.494 e. The van der Waals surface area contributed by atoms with E-state index < -0.39 is 39.3 Å². The summed E-state index contributed by atoms with van der Waals surface area (Å²) in [5.41, 5.74) is 1.64. The maximum absolute atomic E-state index is 14.4. The highest BCUT2D eigenvalue weighted by atomic mass is 31.1. The SMILES string of the molecule is [2H]c1nc(Nc2cc(C)c(F)c(OC([2H])([2H])[2H])c2)nc(Nc2ccc3oc(=O)n(CO[PH](=O)O)c3c2)c1C. The zero-order valence-corrected chi connectivity index (χ0v) is 18.8. The summed E-state index contributed by atoms with van der Waals surface area (Å²) in [6, 6.07) is 7.16. The van der Waals surface area contributed by atoms with Crippen molar-refractivity contribution in [2.45, 2.75) is 20.6 Å². The molecule has 2 aromatic carbocycles. The normalized spacial score (nSPS) is 14.1. The minimum Gasteiger partial charge on any atom is -0.494 e. The molecule has 178 valence electrons. The standard InChI is InChI=1S/C21H21FN5O6P/c1-11-6-14(8-17(31-3)18(11)22)25-20-23-9-12(2)19(26-20)24-13-4-5-16-15(7-13)27(21(28)33-16)10-32-34(29)30/h4-9,34H,10H2,1-3H3,(H,29,30)(H2,23,24,25,26)/i3D3,9D. The second-order valence-corrected chi connectivity index (χ2v) is 7.93. The summed E-state index contributed by atoms with van der Waals surface area (Å²) < 4.78 is 70.7. The molecule has 4 aromatic rings. The number of halogens is 1. The molecule has 0 bridgehead atoms. The molecule has 2 heterocycles. The van der Waals surface area contributed by atoms with Gasteiger partial charge in [-0.2, -0.15) is 4.98 Å². The number of ether oxygens (including phenoxy) is 1. The molecule has 4 rings (SSSR count). The van der Waals surface area contributed by atoms with Gasteiger partial charge in [-0.05, 0) is 43.7 Å². The van der Waals surface area contributed by atoms with Crippen LogP contribution in [0.25, 0.3) is 11.1 Å². The van der Waals surface area contributed by atoms with Crippen LogP contribution in [0.4, 0.5) is 27.5 Å². The number of aryl methyl sites for hydroxylation is 1. The van der Waals surface area contributed by atoms with E-state index in [9.17, 15) is 13.8 Å². The Morgan fingerprint density at radius 1 is 1.26 bits per heavy atom. The molecule has 3 N–H and O–H groups in total. The number of benzene rings is 2. The summed E-state index contributed by atoms with van der Waals surface area (Å²) in [6.45, 7) is 2.55. The first-order valence-electron chi connectivity index (χ1n) is 11.7. The molecule has 0 aliphatic rings. The molecule has 34 heavy (non-hydrogen) atoms. The minimum atomic E-state index is -3.28. The number of methoxy groups -OCH3 is 1. The van der Waals surface area contributed by atoms with Gasteiger partial charge in [0.05, 0.1) is 18.0 Å². The third-order valence-corrected chi connectivity index (χ3v) is 5.11. The van der Waals surface area contributed by atoms with Crippen LogP contribution in [0.1, 0.15) is 16.6 Å². The zero-order chi connectivity index (χ0) is 27.8. The smallest absolute Gasteiger partial charge is 0.421 e. The third-order valence-electron chi connectivity index (χ3n) is 4.74. The van der Waals surface area contributed by atoms with Crippen LogP contribution in [0, 0.1) is 19.7 Å². The van der Waals surface area contributed by atoms with Crippen molar-refractivity contribution >= 4 is 42.5 Å². The molecule has 1 atom stereocenters. The van der Waals surface area contributed by atoms with E-state index in [1.807, 2.05) is 0 Å². The lowest BCUT2D eigenvalue weighted by molar-refractivity contribution is 0.213. The molecular formula is C21H21FN5O6P. The van der Waals surface area contributed by atoms with Crippen LogP contribution >= 0.6 is 8.25 Å². The number of hydrogen-bond acceptors (Lipinski definition) is 9. The number of nitrogens with one attached hydrogen (secondary N) is 2. The van der Waals surface area contributed by atoms with Gasteiger partial charge in [-0.15, -0.1) is 0 Å². The lowest BCUT2D eigenvalue weighted by Crippen LogP contribution is -2.14. The lowest BCUT2D eigenvalue weighted by atomic mass is 10.2. The maximum atomic E-state index is 14.4. The topological polar surface area (TPSA) is 141 Å². The van der Waals surface area contributed by atoms with E-state index in [4.69, 9.17) is 19.5 Å². The maximum Gasteiger partial charge on any atom is 0.421 e. The van der Waals surface area contributed by atoms with E-state index in [2.05, 4.69) is 25.1 Å². The summed E-state index contributed by atoms with van der Waals surface area (Å²) in [5, 5.41) is 5.84. The van der Waals surface area contributed by atoms with Crippen molar-refractivity contribution in [3.63, 3.8) is 0 Å². The molecule has 13 heteroatoms. The van der Waals surface area contributed by atoms with Crippen LogP contribution in [-0.4, -0.2) is 26.5 Å². The van der Waals surface area contributed by atoms with Gasteiger partial charge in [0.25, 0.3) is 0 Å².